The summed E-state index contributed by atoms with van der Waals surface area (Å²) < 4.78 is 26.8. The molecule has 1 aromatic rings. The lowest BCUT2D eigenvalue weighted by Crippen LogP contribution is -2.46. The SMILES string of the molecule is CNCc1cn[nH]c1S(=O)(=O)N1CCSC(C)(C)C1. The van der Waals surface area contributed by atoms with Gasteiger partial charge in [-0.1, -0.05) is 0 Å². The summed E-state index contributed by atoms with van der Waals surface area (Å²) in [6.45, 7) is 5.70. The van der Waals surface area contributed by atoms with Crippen molar-refractivity contribution in [3.63, 3.8) is 0 Å². The number of nitrogens with zero attached hydrogens (tertiary/aromatic N) is 2. The average molecular weight is 304 g/mol. The van der Waals surface area contributed by atoms with Crippen molar-refractivity contribution in [3.05, 3.63) is 11.8 Å². The Kier molecular flexibility index (Phi) is 4.24. The van der Waals surface area contributed by atoms with Crippen LogP contribution in [0.3, 0.4) is 0 Å². The molecule has 8 heteroatoms. The molecule has 1 aromatic heterocycles. The lowest BCUT2D eigenvalue weighted by Gasteiger charge is -2.36. The van der Waals surface area contributed by atoms with Crippen LogP contribution >= 0.6 is 11.8 Å². The smallest absolute Gasteiger partial charge is 0.260 e. The fourth-order valence-corrected chi connectivity index (χ4v) is 5.16. The molecule has 0 aliphatic carbocycles. The van der Waals surface area contributed by atoms with E-state index in [1.165, 1.54) is 0 Å². The van der Waals surface area contributed by atoms with Crippen molar-refractivity contribution >= 4 is 21.8 Å². The Morgan fingerprint density at radius 2 is 2.32 bits per heavy atom. The van der Waals surface area contributed by atoms with Crippen molar-refractivity contribution in [1.29, 1.82) is 0 Å². The first-order valence-corrected chi connectivity index (χ1v) is 8.60. The quantitative estimate of drug-likeness (QED) is 0.854. The van der Waals surface area contributed by atoms with Crippen LogP contribution in [-0.2, 0) is 16.6 Å². The van der Waals surface area contributed by atoms with Gasteiger partial charge < -0.3 is 5.32 Å². The molecular formula is C11H20N4O2S2. The number of rotatable bonds is 4. The summed E-state index contributed by atoms with van der Waals surface area (Å²) in [4.78, 5) is 0. The summed E-state index contributed by atoms with van der Waals surface area (Å²) in [5, 5.41) is 9.66. The first-order chi connectivity index (χ1) is 8.87. The predicted molar refractivity (Wildman–Crippen MR) is 76.6 cm³/mol. The van der Waals surface area contributed by atoms with Crippen molar-refractivity contribution in [3.8, 4) is 0 Å². The van der Waals surface area contributed by atoms with Gasteiger partial charge in [0.25, 0.3) is 10.0 Å². The van der Waals surface area contributed by atoms with Gasteiger partial charge in [0, 0.05) is 35.7 Å². The Bertz CT molecular complexity index is 539. The van der Waals surface area contributed by atoms with Gasteiger partial charge >= 0.3 is 0 Å². The zero-order chi connectivity index (χ0) is 14.1. The van der Waals surface area contributed by atoms with Crippen LogP contribution in [0.4, 0.5) is 0 Å². The standard InChI is InChI=1S/C11H20N4O2S2/c1-11(2)8-15(4-5-18-11)19(16,17)10-9(6-12-3)7-13-14-10/h7,12H,4-6,8H2,1-3H3,(H,13,14). The van der Waals surface area contributed by atoms with E-state index < -0.39 is 10.0 Å². The third-order valence-electron chi connectivity index (χ3n) is 3.03. The van der Waals surface area contributed by atoms with Gasteiger partial charge in [-0.05, 0) is 20.9 Å². The van der Waals surface area contributed by atoms with Crippen molar-refractivity contribution in [2.24, 2.45) is 0 Å². The highest BCUT2D eigenvalue weighted by Crippen LogP contribution is 2.32. The van der Waals surface area contributed by atoms with Crippen LogP contribution in [-0.4, -0.2) is 53.6 Å². The average Bonchev–Trinajstić information content (AvgIpc) is 2.77. The largest absolute Gasteiger partial charge is 0.316 e. The molecule has 1 saturated heterocycles. The molecule has 1 fully saturated rings. The topological polar surface area (TPSA) is 78.1 Å². The molecule has 6 nitrogen and oxygen atoms in total. The summed E-state index contributed by atoms with van der Waals surface area (Å²) in [6, 6.07) is 0. The molecule has 2 rings (SSSR count). The van der Waals surface area contributed by atoms with E-state index in [-0.39, 0.29) is 9.77 Å². The normalized spacial score (nSPS) is 20.6. The van der Waals surface area contributed by atoms with E-state index in [0.29, 0.717) is 25.2 Å². The third-order valence-corrected chi connectivity index (χ3v) is 6.19. The monoisotopic (exact) mass is 304 g/mol. The van der Waals surface area contributed by atoms with Crippen LogP contribution in [0.2, 0.25) is 0 Å². The van der Waals surface area contributed by atoms with Crippen molar-refractivity contribution in [2.75, 3.05) is 25.9 Å². The van der Waals surface area contributed by atoms with E-state index in [1.54, 1.807) is 17.5 Å². The number of thioether (sulfide) groups is 1. The Hall–Kier alpha value is -0.570. The van der Waals surface area contributed by atoms with Crippen molar-refractivity contribution < 1.29 is 8.42 Å². The van der Waals surface area contributed by atoms with E-state index in [2.05, 4.69) is 29.4 Å². The molecule has 0 saturated carbocycles. The van der Waals surface area contributed by atoms with E-state index >= 15 is 0 Å². The highest BCUT2D eigenvalue weighted by Gasteiger charge is 2.36. The molecule has 0 aromatic carbocycles. The van der Waals surface area contributed by atoms with Gasteiger partial charge in [0.2, 0.25) is 0 Å². The van der Waals surface area contributed by atoms with Gasteiger partial charge in [-0.15, -0.1) is 0 Å². The maximum atomic E-state index is 12.6. The van der Waals surface area contributed by atoms with Gasteiger partial charge in [-0.25, -0.2) is 8.42 Å². The van der Waals surface area contributed by atoms with Gasteiger partial charge in [0.05, 0.1) is 6.20 Å². The molecule has 0 radical (unpaired) electrons. The highest BCUT2D eigenvalue weighted by atomic mass is 32.2. The third kappa shape index (κ3) is 3.13. The van der Waals surface area contributed by atoms with Gasteiger partial charge in [0.15, 0.2) is 5.03 Å². The van der Waals surface area contributed by atoms with Crippen LogP contribution in [0, 0.1) is 0 Å². The van der Waals surface area contributed by atoms with Crippen molar-refractivity contribution in [1.82, 2.24) is 19.8 Å². The Morgan fingerprint density at radius 1 is 1.58 bits per heavy atom. The molecule has 108 valence electrons. The van der Waals surface area contributed by atoms with Gasteiger partial charge in [-0.2, -0.15) is 21.2 Å². The minimum absolute atomic E-state index is 0.0471. The Morgan fingerprint density at radius 3 is 2.95 bits per heavy atom. The number of hydrogen-bond donors (Lipinski definition) is 2. The Balaban J connectivity index is 2.29. The molecule has 0 spiro atoms. The van der Waals surface area contributed by atoms with Crippen molar-refractivity contribution in [2.45, 2.75) is 30.2 Å². The maximum Gasteiger partial charge on any atom is 0.260 e. The summed E-state index contributed by atoms with van der Waals surface area (Å²) in [7, 11) is -1.70. The van der Waals surface area contributed by atoms with Crippen LogP contribution < -0.4 is 5.32 Å². The molecule has 1 aliphatic heterocycles. The zero-order valence-corrected chi connectivity index (χ0v) is 13.1. The molecule has 2 N–H and O–H groups in total. The number of hydrogen-bond acceptors (Lipinski definition) is 5. The van der Waals surface area contributed by atoms with E-state index in [4.69, 9.17) is 0 Å². The second-order valence-electron chi connectivity index (χ2n) is 5.20. The summed E-state index contributed by atoms with van der Waals surface area (Å²) >= 11 is 1.81. The number of aromatic amines is 1. The van der Waals surface area contributed by atoms with E-state index in [9.17, 15) is 8.42 Å². The van der Waals surface area contributed by atoms with Crippen LogP contribution in [0.15, 0.2) is 11.2 Å². The number of H-pyrrole nitrogens is 1. The van der Waals surface area contributed by atoms with E-state index in [1.807, 2.05) is 11.8 Å². The van der Waals surface area contributed by atoms with Gasteiger partial charge in [0.1, 0.15) is 0 Å². The first-order valence-electron chi connectivity index (χ1n) is 6.18. The summed E-state index contributed by atoms with van der Waals surface area (Å²) in [6.07, 6.45) is 1.56. The summed E-state index contributed by atoms with van der Waals surface area (Å²) in [5.41, 5.74) is 0.679. The fourth-order valence-electron chi connectivity index (χ4n) is 2.15. The highest BCUT2D eigenvalue weighted by molar-refractivity contribution is 8.00. The molecular weight excluding hydrogens is 284 g/mol. The lowest BCUT2D eigenvalue weighted by atomic mass is 10.2. The molecule has 0 atom stereocenters. The van der Waals surface area contributed by atoms with Gasteiger partial charge in [-0.3, -0.25) is 5.10 Å². The Labute approximate surface area is 118 Å². The molecule has 0 unspecified atom stereocenters. The minimum Gasteiger partial charge on any atom is -0.316 e. The molecule has 1 aliphatic rings. The second kappa shape index (κ2) is 5.43. The molecule has 0 amide bonds. The first kappa shape index (κ1) is 14.8. The second-order valence-corrected chi connectivity index (χ2v) is 8.88. The predicted octanol–water partition coefficient (Wildman–Crippen LogP) is 0.645. The van der Waals surface area contributed by atoms with Crippen LogP contribution in [0.1, 0.15) is 19.4 Å². The minimum atomic E-state index is -3.48. The zero-order valence-electron chi connectivity index (χ0n) is 11.4. The molecule has 0 bridgehead atoms. The molecule has 19 heavy (non-hydrogen) atoms. The fraction of sp³-hybridized carbons (Fsp3) is 0.727. The number of nitrogens with one attached hydrogen (secondary N) is 2. The lowest BCUT2D eigenvalue weighted by molar-refractivity contribution is 0.385. The maximum absolute atomic E-state index is 12.6. The summed E-state index contributed by atoms with van der Waals surface area (Å²) in [5.74, 6) is 0.821. The molecule has 2 heterocycles. The number of sulfonamides is 1. The van der Waals surface area contributed by atoms with Crippen LogP contribution in [0.5, 0.6) is 0 Å². The van der Waals surface area contributed by atoms with Crippen LogP contribution in [0.25, 0.3) is 0 Å². The number of aromatic nitrogens is 2. The van der Waals surface area contributed by atoms with E-state index in [0.717, 1.165) is 5.75 Å².